The molecule has 1 saturated heterocycles. The van der Waals surface area contributed by atoms with E-state index in [1.165, 1.54) is 21.2 Å². The standard InChI is InChI=1S/C22H26N2O2S/c1-2-22(25)26-17-12-15-23(16-17)13-7-14-24-18-8-3-5-10-20(18)27-21-11-6-4-9-19(21)24/h3-6,8-11,17H,2,7,12-16H2,1H3. The van der Waals surface area contributed by atoms with Crippen molar-refractivity contribution in [3.8, 4) is 0 Å². The first kappa shape index (κ1) is 18.4. The van der Waals surface area contributed by atoms with Crippen LogP contribution in [0.3, 0.4) is 0 Å². The van der Waals surface area contributed by atoms with Gasteiger partial charge in [-0.05, 0) is 43.7 Å². The Morgan fingerprint density at radius 3 is 2.41 bits per heavy atom. The van der Waals surface area contributed by atoms with Crippen LogP contribution in [0.2, 0.25) is 0 Å². The van der Waals surface area contributed by atoms with Crippen molar-refractivity contribution < 1.29 is 9.53 Å². The fourth-order valence-electron chi connectivity index (χ4n) is 3.84. The lowest BCUT2D eigenvalue weighted by atomic mass is 10.2. The number of nitrogens with zero attached hydrogens (tertiary/aromatic N) is 2. The zero-order valence-electron chi connectivity index (χ0n) is 15.8. The van der Waals surface area contributed by atoms with E-state index >= 15 is 0 Å². The number of para-hydroxylation sites is 2. The Hall–Kier alpha value is -1.98. The van der Waals surface area contributed by atoms with Crippen molar-refractivity contribution in [1.29, 1.82) is 0 Å². The number of anilines is 2. The molecule has 0 aliphatic carbocycles. The van der Waals surface area contributed by atoms with Crippen molar-refractivity contribution >= 4 is 29.1 Å². The second-order valence-corrected chi connectivity index (χ2v) is 8.18. The molecule has 2 aliphatic rings. The Kier molecular flexibility index (Phi) is 5.69. The second kappa shape index (κ2) is 8.36. The van der Waals surface area contributed by atoms with Gasteiger partial charge in [0.15, 0.2) is 0 Å². The van der Waals surface area contributed by atoms with Gasteiger partial charge in [-0.3, -0.25) is 9.69 Å². The van der Waals surface area contributed by atoms with Crippen molar-refractivity contribution in [2.24, 2.45) is 0 Å². The van der Waals surface area contributed by atoms with Crippen LogP contribution in [0.5, 0.6) is 0 Å². The summed E-state index contributed by atoms with van der Waals surface area (Å²) in [6.45, 7) is 5.76. The number of benzene rings is 2. The van der Waals surface area contributed by atoms with Crippen LogP contribution < -0.4 is 4.90 Å². The maximum absolute atomic E-state index is 11.5. The Bertz CT molecular complexity index is 765. The van der Waals surface area contributed by atoms with Gasteiger partial charge in [-0.15, -0.1) is 0 Å². The molecule has 1 fully saturated rings. The van der Waals surface area contributed by atoms with Crippen molar-refractivity contribution in [2.75, 3.05) is 31.1 Å². The van der Waals surface area contributed by atoms with Gasteiger partial charge in [-0.2, -0.15) is 0 Å². The summed E-state index contributed by atoms with van der Waals surface area (Å²) in [5.41, 5.74) is 2.61. The lowest BCUT2D eigenvalue weighted by Crippen LogP contribution is -2.29. The fraction of sp³-hybridized carbons (Fsp3) is 0.409. The monoisotopic (exact) mass is 382 g/mol. The third-order valence-corrected chi connectivity index (χ3v) is 6.33. The highest BCUT2D eigenvalue weighted by atomic mass is 32.2. The minimum Gasteiger partial charge on any atom is -0.461 e. The van der Waals surface area contributed by atoms with Crippen LogP contribution in [0.15, 0.2) is 58.3 Å². The van der Waals surface area contributed by atoms with Crippen molar-refractivity contribution in [1.82, 2.24) is 4.90 Å². The number of rotatable bonds is 6. The van der Waals surface area contributed by atoms with Crippen molar-refractivity contribution in [3.63, 3.8) is 0 Å². The highest BCUT2D eigenvalue weighted by Gasteiger charge is 2.26. The molecule has 2 aromatic rings. The number of carbonyl (C=O) groups is 1. The molecule has 4 nitrogen and oxygen atoms in total. The Morgan fingerprint density at radius 1 is 1.07 bits per heavy atom. The first-order valence-electron chi connectivity index (χ1n) is 9.80. The van der Waals surface area contributed by atoms with E-state index in [-0.39, 0.29) is 12.1 Å². The largest absolute Gasteiger partial charge is 0.461 e. The normalized spacial score (nSPS) is 18.9. The van der Waals surface area contributed by atoms with Gasteiger partial charge in [-0.25, -0.2) is 0 Å². The van der Waals surface area contributed by atoms with Gasteiger partial charge in [0.25, 0.3) is 0 Å². The molecule has 0 amide bonds. The Morgan fingerprint density at radius 2 is 1.74 bits per heavy atom. The number of likely N-dealkylation sites (tertiary alicyclic amines) is 1. The smallest absolute Gasteiger partial charge is 0.305 e. The Labute approximate surface area is 165 Å². The van der Waals surface area contributed by atoms with E-state index in [0.717, 1.165) is 39.0 Å². The van der Waals surface area contributed by atoms with Crippen molar-refractivity contribution in [3.05, 3.63) is 48.5 Å². The second-order valence-electron chi connectivity index (χ2n) is 7.10. The number of esters is 1. The number of ether oxygens (including phenoxy) is 1. The summed E-state index contributed by atoms with van der Waals surface area (Å²) in [7, 11) is 0. The highest BCUT2D eigenvalue weighted by molar-refractivity contribution is 7.99. The van der Waals surface area contributed by atoms with Crippen LogP contribution in [0.4, 0.5) is 11.4 Å². The summed E-state index contributed by atoms with van der Waals surface area (Å²) in [5, 5.41) is 0. The first-order chi connectivity index (χ1) is 13.2. The summed E-state index contributed by atoms with van der Waals surface area (Å²) in [5.74, 6) is -0.0825. The highest BCUT2D eigenvalue weighted by Crippen LogP contribution is 2.47. The fourth-order valence-corrected chi connectivity index (χ4v) is 4.94. The zero-order valence-corrected chi connectivity index (χ0v) is 16.6. The molecule has 4 rings (SSSR count). The molecule has 5 heteroatoms. The summed E-state index contributed by atoms with van der Waals surface area (Å²) in [4.78, 5) is 19.0. The van der Waals surface area contributed by atoms with E-state index in [9.17, 15) is 4.79 Å². The van der Waals surface area contributed by atoms with E-state index in [4.69, 9.17) is 4.74 Å². The molecule has 0 aromatic heterocycles. The van der Waals surface area contributed by atoms with Gasteiger partial charge in [0.05, 0.1) is 11.4 Å². The third kappa shape index (κ3) is 4.14. The summed E-state index contributed by atoms with van der Waals surface area (Å²) in [6, 6.07) is 17.3. The van der Waals surface area contributed by atoms with Gasteiger partial charge >= 0.3 is 5.97 Å². The van der Waals surface area contributed by atoms with Gasteiger partial charge in [-0.1, -0.05) is 43.0 Å². The van der Waals surface area contributed by atoms with E-state index < -0.39 is 0 Å². The van der Waals surface area contributed by atoms with Crippen LogP contribution in [0.1, 0.15) is 26.2 Å². The molecule has 2 aliphatic heterocycles. The van der Waals surface area contributed by atoms with Gasteiger partial charge < -0.3 is 9.64 Å². The number of fused-ring (bicyclic) bond motifs is 2. The average molecular weight is 383 g/mol. The molecule has 2 aromatic carbocycles. The molecule has 0 radical (unpaired) electrons. The molecule has 0 spiro atoms. The van der Waals surface area contributed by atoms with Gasteiger partial charge in [0, 0.05) is 35.8 Å². The maximum atomic E-state index is 11.5. The zero-order chi connectivity index (χ0) is 18.6. The molecule has 0 N–H and O–H groups in total. The molecule has 1 unspecified atom stereocenters. The lowest BCUT2D eigenvalue weighted by Gasteiger charge is -2.33. The molecule has 27 heavy (non-hydrogen) atoms. The van der Waals surface area contributed by atoms with Crippen molar-refractivity contribution in [2.45, 2.75) is 42.1 Å². The predicted molar refractivity (Wildman–Crippen MR) is 110 cm³/mol. The first-order valence-corrected chi connectivity index (χ1v) is 10.6. The summed E-state index contributed by atoms with van der Waals surface area (Å²) < 4.78 is 5.49. The topological polar surface area (TPSA) is 32.8 Å². The number of hydrogen-bond donors (Lipinski definition) is 0. The average Bonchev–Trinajstić information content (AvgIpc) is 3.14. The van der Waals surface area contributed by atoms with E-state index in [2.05, 4.69) is 58.3 Å². The van der Waals surface area contributed by atoms with Gasteiger partial charge in [0.2, 0.25) is 0 Å². The van der Waals surface area contributed by atoms with Gasteiger partial charge in [0.1, 0.15) is 6.10 Å². The van der Waals surface area contributed by atoms with E-state index in [1.54, 1.807) is 0 Å². The molecular weight excluding hydrogens is 356 g/mol. The van der Waals surface area contributed by atoms with Crippen LogP contribution in [0, 0.1) is 0 Å². The number of carbonyl (C=O) groups excluding carboxylic acids is 1. The van der Waals surface area contributed by atoms with E-state index in [0.29, 0.717) is 6.42 Å². The Balaban J connectivity index is 1.37. The minimum absolute atomic E-state index is 0.0743. The van der Waals surface area contributed by atoms with Crippen LogP contribution >= 0.6 is 11.8 Å². The van der Waals surface area contributed by atoms with Crippen LogP contribution in [0.25, 0.3) is 0 Å². The molecule has 1 atom stereocenters. The quantitative estimate of drug-likeness (QED) is 0.676. The minimum atomic E-state index is -0.0825. The predicted octanol–water partition coefficient (Wildman–Crippen LogP) is 4.71. The molecular formula is C22H26N2O2S. The van der Waals surface area contributed by atoms with E-state index in [1.807, 2.05) is 18.7 Å². The summed E-state index contributed by atoms with van der Waals surface area (Å²) in [6.07, 6.45) is 2.58. The maximum Gasteiger partial charge on any atom is 0.305 e. The van der Waals surface area contributed by atoms with Crippen LogP contribution in [-0.4, -0.2) is 43.2 Å². The lowest BCUT2D eigenvalue weighted by molar-refractivity contribution is -0.148. The molecule has 142 valence electrons. The summed E-state index contributed by atoms with van der Waals surface area (Å²) >= 11 is 1.85. The molecule has 0 saturated carbocycles. The van der Waals surface area contributed by atoms with Crippen LogP contribution in [-0.2, 0) is 9.53 Å². The number of hydrogen-bond acceptors (Lipinski definition) is 5. The SMILES string of the molecule is CCC(=O)OC1CCN(CCCN2c3ccccc3Sc3ccccc32)C1. The third-order valence-electron chi connectivity index (χ3n) is 5.20. The molecule has 0 bridgehead atoms. The molecule has 2 heterocycles.